The van der Waals surface area contributed by atoms with Crippen LogP contribution in [0.3, 0.4) is 0 Å². The maximum atomic E-state index is 12.2. The lowest BCUT2D eigenvalue weighted by molar-refractivity contribution is 0.00253. The van der Waals surface area contributed by atoms with Crippen molar-refractivity contribution >= 4 is 17.5 Å². The van der Waals surface area contributed by atoms with E-state index >= 15 is 0 Å². The number of amides is 2. The summed E-state index contributed by atoms with van der Waals surface area (Å²) < 4.78 is 5.83. The monoisotopic (exact) mass is 338 g/mol. The molecule has 5 nitrogen and oxygen atoms in total. The van der Waals surface area contributed by atoms with Gasteiger partial charge in [-0.15, -0.1) is 0 Å². The summed E-state index contributed by atoms with van der Waals surface area (Å²) in [7, 11) is 0. The molecule has 1 saturated heterocycles. The fourth-order valence-corrected chi connectivity index (χ4v) is 2.97. The molecule has 0 spiro atoms. The quantitative estimate of drug-likeness (QED) is 0.830. The number of carbonyl (C=O) groups is 2. The molecular weight excluding hydrogens is 316 g/mol. The number of nitrogens with one attached hydrogen (secondary N) is 2. The van der Waals surface area contributed by atoms with Crippen molar-refractivity contribution in [2.75, 3.05) is 11.9 Å². The Labute approximate surface area is 147 Å². The minimum atomic E-state index is -0.241. The van der Waals surface area contributed by atoms with Gasteiger partial charge < -0.3 is 15.4 Å². The van der Waals surface area contributed by atoms with Crippen molar-refractivity contribution in [2.45, 2.75) is 31.9 Å². The summed E-state index contributed by atoms with van der Waals surface area (Å²) in [5.41, 5.74) is 2.42. The Balaban J connectivity index is 1.54. The lowest BCUT2D eigenvalue weighted by Crippen LogP contribution is -2.42. The van der Waals surface area contributed by atoms with E-state index in [2.05, 4.69) is 10.6 Å². The second kappa shape index (κ2) is 7.94. The third-order valence-electron chi connectivity index (χ3n) is 4.34. The van der Waals surface area contributed by atoms with Crippen LogP contribution < -0.4 is 10.6 Å². The maximum Gasteiger partial charge on any atom is 0.319 e. The Morgan fingerprint density at radius 2 is 1.76 bits per heavy atom. The van der Waals surface area contributed by atoms with E-state index in [1.165, 1.54) is 6.92 Å². The van der Waals surface area contributed by atoms with Crippen LogP contribution in [0.1, 0.15) is 41.8 Å². The molecule has 2 amide bonds. The van der Waals surface area contributed by atoms with Crippen LogP contribution in [0.15, 0.2) is 54.6 Å². The first kappa shape index (κ1) is 17.2. The van der Waals surface area contributed by atoms with E-state index in [4.69, 9.17) is 4.74 Å². The molecule has 130 valence electrons. The first-order valence-corrected chi connectivity index (χ1v) is 8.47. The van der Waals surface area contributed by atoms with Crippen LogP contribution in [0, 0.1) is 0 Å². The number of ether oxygens (including phenoxy) is 1. The molecule has 0 aromatic heterocycles. The zero-order valence-electron chi connectivity index (χ0n) is 14.2. The number of Topliss-reactive ketones (excluding diaryl/α,β-unsaturated/α-hetero) is 1. The lowest BCUT2D eigenvalue weighted by Gasteiger charge is -2.30. The molecule has 1 aliphatic rings. The summed E-state index contributed by atoms with van der Waals surface area (Å²) in [6.07, 6.45) is 1.55. The molecule has 1 aliphatic heterocycles. The minimum Gasteiger partial charge on any atom is -0.373 e. The van der Waals surface area contributed by atoms with Crippen LogP contribution in [0.25, 0.3) is 0 Å². The zero-order valence-corrected chi connectivity index (χ0v) is 14.2. The summed E-state index contributed by atoms with van der Waals surface area (Å²) in [6.45, 7) is 2.14. The summed E-state index contributed by atoms with van der Waals surface area (Å²) in [5.74, 6) is 0.00478. The van der Waals surface area contributed by atoms with Gasteiger partial charge in [0.25, 0.3) is 0 Å². The van der Waals surface area contributed by atoms with E-state index in [9.17, 15) is 9.59 Å². The van der Waals surface area contributed by atoms with Gasteiger partial charge in [0.05, 0.1) is 6.10 Å². The van der Waals surface area contributed by atoms with E-state index in [0.717, 1.165) is 18.4 Å². The second-order valence-electron chi connectivity index (χ2n) is 6.22. The van der Waals surface area contributed by atoms with Crippen LogP contribution in [-0.2, 0) is 4.74 Å². The fraction of sp³-hybridized carbons (Fsp3) is 0.300. The molecule has 3 rings (SSSR count). The predicted octanol–water partition coefficient (Wildman–Crippen LogP) is 3.93. The second-order valence-corrected chi connectivity index (χ2v) is 6.22. The first-order chi connectivity index (χ1) is 12.1. The molecule has 5 heteroatoms. The third-order valence-corrected chi connectivity index (χ3v) is 4.34. The highest BCUT2D eigenvalue weighted by Gasteiger charge is 2.25. The van der Waals surface area contributed by atoms with Gasteiger partial charge >= 0.3 is 6.03 Å². The molecule has 0 saturated carbocycles. The summed E-state index contributed by atoms with van der Waals surface area (Å²) >= 11 is 0. The van der Waals surface area contributed by atoms with E-state index in [-0.39, 0.29) is 24.0 Å². The molecule has 2 atom stereocenters. The van der Waals surface area contributed by atoms with Crippen LogP contribution in [0.2, 0.25) is 0 Å². The van der Waals surface area contributed by atoms with Gasteiger partial charge in [0, 0.05) is 23.9 Å². The minimum absolute atomic E-state index is 0.00478. The van der Waals surface area contributed by atoms with Crippen LogP contribution in [0.4, 0.5) is 10.5 Å². The Kier molecular flexibility index (Phi) is 5.46. The highest BCUT2D eigenvalue weighted by Crippen LogP contribution is 2.27. The molecule has 2 aromatic rings. The molecule has 2 aromatic carbocycles. The van der Waals surface area contributed by atoms with E-state index in [0.29, 0.717) is 17.9 Å². The summed E-state index contributed by atoms with van der Waals surface area (Å²) in [4.78, 5) is 23.5. The van der Waals surface area contributed by atoms with Crippen molar-refractivity contribution in [1.29, 1.82) is 0 Å². The lowest BCUT2D eigenvalue weighted by atomic mass is 9.97. The molecule has 2 N–H and O–H groups in total. The van der Waals surface area contributed by atoms with Crippen molar-refractivity contribution in [1.82, 2.24) is 5.32 Å². The number of hydrogen-bond acceptors (Lipinski definition) is 3. The summed E-state index contributed by atoms with van der Waals surface area (Å²) in [5, 5.41) is 5.82. The van der Waals surface area contributed by atoms with Gasteiger partial charge in [-0.3, -0.25) is 4.79 Å². The Morgan fingerprint density at radius 3 is 2.44 bits per heavy atom. The SMILES string of the molecule is CC(=O)c1ccc(NC(=O)NC2CCOC(c3ccccc3)C2)cc1. The van der Waals surface area contributed by atoms with E-state index in [1.807, 2.05) is 30.3 Å². The average molecular weight is 338 g/mol. The molecular formula is C20H22N2O3. The van der Waals surface area contributed by atoms with Gasteiger partial charge in [-0.1, -0.05) is 30.3 Å². The maximum absolute atomic E-state index is 12.2. The molecule has 1 heterocycles. The number of ketones is 1. The van der Waals surface area contributed by atoms with Crippen molar-refractivity contribution in [2.24, 2.45) is 0 Å². The topological polar surface area (TPSA) is 67.4 Å². The Morgan fingerprint density at radius 1 is 1.04 bits per heavy atom. The number of anilines is 1. The highest BCUT2D eigenvalue weighted by molar-refractivity contribution is 5.95. The summed E-state index contributed by atoms with van der Waals surface area (Å²) in [6, 6.07) is 16.8. The van der Waals surface area contributed by atoms with Gasteiger partial charge in [0.1, 0.15) is 0 Å². The molecule has 0 aliphatic carbocycles. The molecule has 25 heavy (non-hydrogen) atoms. The zero-order chi connectivity index (χ0) is 17.6. The molecule has 1 fully saturated rings. The van der Waals surface area contributed by atoms with E-state index in [1.54, 1.807) is 24.3 Å². The van der Waals surface area contributed by atoms with Crippen LogP contribution in [-0.4, -0.2) is 24.5 Å². The average Bonchev–Trinajstić information content (AvgIpc) is 2.63. The smallest absolute Gasteiger partial charge is 0.319 e. The molecule has 2 unspecified atom stereocenters. The van der Waals surface area contributed by atoms with Crippen LogP contribution >= 0.6 is 0 Å². The largest absolute Gasteiger partial charge is 0.373 e. The van der Waals surface area contributed by atoms with Crippen molar-refractivity contribution in [3.63, 3.8) is 0 Å². The number of carbonyl (C=O) groups excluding carboxylic acids is 2. The fourth-order valence-electron chi connectivity index (χ4n) is 2.97. The number of rotatable bonds is 4. The third kappa shape index (κ3) is 4.67. The Bertz CT molecular complexity index is 728. The number of urea groups is 1. The normalized spacial score (nSPS) is 19.9. The van der Waals surface area contributed by atoms with Gasteiger partial charge in [-0.25, -0.2) is 4.79 Å². The van der Waals surface area contributed by atoms with Crippen molar-refractivity contribution in [3.8, 4) is 0 Å². The standard InChI is InChI=1S/C20H22N2O3/c1-14(23)15-7-9-17(10-8-15)21-20(24)22-18-11-12-25-19(13-18)16-5-3-2-4-6-16/h2-10,18-19H,11-13H2,1H3,(H2,21,22,24). The molecule has 0 radical (unpaired) electrons. The van der Waals surface area contributed by atoms with Gasteiger partial charge in [-0.05, 0) is 49.6 Å². The molecule has 0 bridgehead atoms. The highest BCUT2D eigenvalue weighted by atomic mass is 16.5. The van der Waals surface area contributed by atoms with Crippen LogP contribution in [0.5, 0.6) is 0 Å². The first-order valence-electron chi connectivity index (χ1n) is 8.47. The van der Waals surface area contributed by atoms with Crippen molar-refractivity contribution in [3.05, 3.63) is 65.7 Å². The van der Waals surface area contributed by atoms with Gasteiger partial charge in [0.2, 0.25) is 0 Å². The predicted molar refractivity (Wildman–Crippen MR) is 96.8 cm³/mol. The van der Waals surface area contributed by atoms with Gasteiger partial charge in [-0.2, -0.15) is 0 Å². The number of hydrogen-bond donors (Lipinski definition) is 2. The van der Waals surface area contributed by atoms with E-state index < -0.39 is 0 Å². The number of benzene rings is 2. The van der Waals surface area contributed by atoms with Gasteiger partial charge in [0.15, 0.2) is 5.78 Å². The Hall–Kier alpha value is -2.66. The van der Waals surface area contributed by atoms with Crippen molar-refractivity contribution < 1.29 is 14.3 Å².